The Morgan fingerprint density at radius 3 is 2.44 bits per heavy atom. The third-order valence-corrected chi connectivity index (χ3v) is 4.15. The Morgan fingerprint density at radius 1 is 0.960 bits per heavy atom. The van der Waals surface area contributed by atoms with Crippen molar-refractivity contribution in [2.75, 3.05) is 6.54 Å². The van der Waals surface area contributed by atoms with Crippen molar-refractivity contribution in [2.24, 2.45) is 0 Å². The zero-order valence-electron chi connectivity index (χ0n) is 14.0. The van der Waals surface area contributed by atoms with Gasteiger partial charge in [-0.2, -0.15) is 0 Å². The molecule has 2 aromatic rings. The molecule has 128 valence electrons. The van der Waals surface area contributed by atoms with Gasteiger partial charge in [0.2, 0.25) is 0 Å². The summed E-state index contributed by atoms with van der Waals surface area (Å²) in [6.07, 6.45) is 2.51. The highest BCUT2D eigenvalue weighted by Gasteiger charge is 2.37. The van der Waals surface area contributed by atoms with Crippen LogP contribution in [0.25, 0.3) is 0 Å². The monoisotopic (exact) mass is 337 g/mol. The molecule has 0 bridgehead atoms. The van der Waals surface area contributed by atoms with Crippen molar-refractivity contribution < 1.29 is 19.1 Å². The minimum Gasteiger partial charge on any atom is -0.426 e. The zero-order valence-corrected chi connectivity index (χ0v) is 14.0. The van der Waals surface area contributed by atoms with Gasteiger partial charge in [0.15, 0.2) is 0 Å². The second kappa shape index (κ2) is 7.30. The van der Waals surface area contributed by atoms with Gasteiger partial charge in [0.25, 0.3) is 11.8 Å². The average molecular weight is 337 g/mol. The van der Waals surface area contributed by atoms with E-state index in [4.69, 9.17) is 4.74 Å². The van der Waals surface area contributed by atoms with Crippen molar-refractivity contribution in [1.82, 2.24) is 4.90 Å². The maximum Gasteiger partial charge on any atom is 0.308 e. The van der Waals surface area contributed by atoms with Gasteiger partial charge in [0.05, 0.1) is 11.1 Å². The van der Waals surface area contributed by atoms with Crippen molar-refractivity contribution in [3.05, 3.63) is 65.2 Å². The number of benzene rings is 2. The second-order valence-corrected chi connectivity index (χ2v) is 5.98. The number of aryl methyl sites for hydroxylation is 1. The molecule has 0 unspecified atom stereocenters. The molecule has 0 N–H and O–H groups in total. The Kier molecular flexibility index (Phi) is 4.93. The van der Waals surface area contributed by atoms with E-state index >= 15 is 0 Å². The molecule has 2 aromatic carbocycles. The van der Waals surface area contributed by atoms with Crippen LogP contribution in [-0.4, -0.2) is 29.2 Å². The van der Waals surface area contributed by atoms with Crippen LogP contribution in [0.2, 0.25) is 0 Å². The summed E-state index contributed by atoms with van der Waals surface area (Å²) in [7, 11) is 0. The molecule has 0 atom stereocenters. The lowest BCUT2D eigenvalue weighted by Gasteiger charge is -2.13. The molecule has 25 heavy (non-hydrogen) atoms. The van der Waals surface area contributed by atoms with Gasteiger partial charge in [-0.05, 0) is 37.0 Å². The van der Waals surface area contributed by atoms with Crippen LogP contribution in [0.4, 0.5) is 0 Å². The van der Waals surface area contributed by atoms with Gasteiger partial charge in [-0.25, -0.2) is 0 Å². The second-order valence-electron chi connectivity index (χ2n) is 5.98. The third kappa shape index (κ3) is 3.60. The molecule has 5 heteroatoms. The SMILES string of the molecule is CC(=O)Oc1cccc2c1C(=O)N(CCCCc1ccccc1)C2=O. The van der Waals surface area contributed by atoms with Crippen LogP contribution in [-0.2, 0) is 11.2 Å². The van der Waals surface area contributed by atoms with Gasteiger partial charge in [-0.1, -0.05) is 36.4 Å². The Hall–Kier alpha value is -2.95. The fourth-order valence-electron chi connectivity index (χ4n) is 2.99. The van der Waals surface area contributed by atoms with Crippen molar-refractivity contribution in [3.63, 3.8) is 0 Å². The quantitative estimate of drug-likeness (QED) is 0.351. The van der Waals surface area contributed by atoms with E-state index in [1.807, 2.05) is 18.2 Å². The van der Waals surface area contributed by atoms with Gasteiger partial charge in [-0.15, -0.1) is 0 Å². The van der Waals surface area contributed by atoms with Gasteiger partial charge in [0, 0.05) is 13.5 Å². The standard InChI is InChI=1S/C20H19NO4/c1-14(22)25-17-12-7-11-16-18(17)20(24)21(19(16)23)13-6-5-10-15-8-3-2-4-9-15/h2-4,7-9,11-12H,5-6,10,13H2,1H3. The van der Waals surface area contributed by atoms with Gasteiger partial charge >= 0.3 is 5.97 Å². The molecule has 0 radical (unpaired) electrons. The fourth-order valence-corrected chi connectivity index (χ4v) is 2.99. The maximum absolute atomic E-state index is 12.6. The molecule has 1 aliphatic rings. The molecular formula is C20H19NO4. The van der Waals surface area contributed by atoms with Crippen molar-refractivity contribution in [2.45, 2.75) is 26.2 Å². The zero-order chi connectivity index (χ0) is 17.8. The molecule has 2 amide bonds. The van der Waals surface area contributed by atoms with Crippen LogP contribution < -0.4 is 4.74 Å². The summed E-state index contributed by atoms with van der Waals surface area (Å²) in [5, 5.41) is 0. The van der Waals surface area contributed by atoms with Crippen LogP contribution in [0.15, 0.2) is 48.5 Å². The van der Waals surface area contributed by atoms with Crippen molar-refractivity contribution >= 4 is 17.8 Å². The highest BCUT2D eigenvalue weighted by Crippen LogP contribution is 2.31. The molecule has 0 fully saturated rings. The molecule has 1 aliphatic heterocycles. The van der Waals surface area contributed by atoms with Crippen LogP contribution in [0, 0.1) is 0 Å². The first-order valence-electron chi connectivity index (χ1n) is 8.29. The van der Waals surface area contributed by atoms with E-state index in [0.29, 0.717) is 12.1 Å². The van der Waals surface area contributed by atoms with E-state index in [2.05, 4.69) is 12.1 Å². The summed E-state index contributed by atoms with van der Waals surface area (Å²) < 4.78 is 5.07. The molecule has 1 heterocycles. The van der Waals surface area contributed by atoms with Crippen LogP contribution >= 0.6 is 0 Å². The van der Waals surface area contributed by atoms with Gasteiger partial charge in [0.1, 0.15) is 5.75 Å². The van der Waals surface area contributed by atoms with Gasteiger partial charge in [-0.3, -0.25) is 19.3 Å². The van der Waals surface area contributed by atoms with E-state index < -0.39 is 11.9 Å². The predicted octanol–water partition coefficient (Wildman–Crippen LogP) is 3.23. The molecule has 0 saturated heterocycles. The molecule has 0 aliphatic carbocycles. The van der Waals surface area contributed by atoms with Crippen molar-refractivity contribution in [1.29, 1.82) is 0 Å². The number of carbonyl (C=O) groups excluding carboxylic acids is 3. The molecule has 0 saturated carbocycles. The van der Waals surface area contributed by atoms with E-state index in [9.17, 15) is 14.4 Å². The minimum atomic E-state index is -0.519. The average Bonchev–Trinajstić information content (AvgIpc) is 2.84. The summed E-state index contributed by atoms with van der Waals surface area (Å²) in [5.74, 6) is -1.09. The first-order chi connectivity index (χ1) is 12.1. The lowest BCUT2D eigenvalue weighted by Crippen LogP contribution is -2.30. The number of unbranched alkanes of at least 4 members (excludes halogenated alkanes) is 1. The maximum atomic E-state index is 12.6. The highest BCUT2D eigenvalue weighted by atomic mass is 16.5. The number of amides is 2. The summed E-state index contributed by atoms with van der Waals surface area (Å²) in [6, 6.07) is 14.8. The summed E-state index contributed by atoms with van der Waals surface area (Å²) >= 11 is 0. The number of rotatable bonds is 6. The molecule has 3 rings (SSSR count). The Bertz CT molecular complexity index is 814. The summed E-state index contributed by atoms with van der Waals surface area (Å²) in [4.78, 5) is 37.5. The topological polar surface area (TPSA) is 63.7 Å². The predicted molar refractivity (Wildman–Crippen MR) is 92.5 cm³/mol. The first kappa shape index (κ1) is 16.9. The molecular weight excluding hydrogens is 318 g/mol. The Morgan fingerprint density at radius 2 is 1.72 bits per heavy atom. The van der Waals surface area contributed by atoms with Gasteiger partial charge < -0.3 is 4.74 Å². The molecule has 5 nitrogen and oxygen atoms in total. The van der Waals surface area contributed by atoms with E-state index in [-0.39, 0.29) is 17.2 Å². The number of hydrogen-bond donors (Lipinski definition) is 0. The lowest BCUT2D eigenvalue weighted by molar-refractivity contribution is -0.131. The van der Waals surface area contributed by atoms with Crippen LogP contribution in [0.1, 0.15) is 46.0 Å². The van der Waals surface area contributed by atoms with Crippen LogP contribution in [0.3, 0.4) is 0 Å². The number of nitrogens with zero attached hydrogens (tertiary/aromatic N) is 1. The number of esters is 1. The van der Waals surface area contributed by atoms with E-state index in [1.54, 1.807) is 12.1 Å². The van der Waals surface area contributed by atoms with E-state index in [0.717, 1.165) is 19.3 Å². The smallest absolute Gasteiger partial charge is 0.308 e. The van der Waals surface area contributed by atoms with Crippen molar-refractivity contribution in [3.8, 4) is 5.75 Å². The Labute approximate surface area is 146 Å². The van der Waals surface area contributed by atoms with Crippen LogP contribution in [0.5, 0.6) is 5.75 Å². The third-order valence-electron chi connectivity index (χ3n) is 4.15. The number of imide groups is 1. The fraction of sp³-hybridized carbons (Fsp3) is 0.250. The largest absolute Gasteiger partial charge is 0.426 e. The van der Waals surface area contributed by atoms with E-state index in [1.165, 1.54) is 23.5 Å². The lowest BCUT2D eigenvalue weighted by atomic mass is 10.1. The minimum absolute atomic E-state index is 0.148. The Balaban J connectivity index is 1.65. The normalized spacial score (nSPS) is 13.1. The number of carbonyl (C=O) groups is 3. The number of ether oxygens (including phenoxy) is 1. The molecule has 0 spiro atoms. The summed E-state index contributed by atoms with van der Waals surface area (Å²) in [5.41, 5.74) is 1.72. The summed E-state index contributed by atoms with van der Waals surface area (Å²) in [6.45, 7) is 1.63. The first-order valence-corrected chi connectivity index (χ1v) is 8.29. The number of fused-ring (bicyclic) bond motifs is 1. The highest BCUT2D eigenvalue weighted by molar-refractivity contribution is 6.22. The molecule has 0 aromatic heterocycles. The number of hydrogen-bond acceptors (Lipinski definition) is 4.